The molecule has 8 nitrogen and oxygen atoms in total. The Kier molecular flexibility index (Phi) is 9.00. The lowest BCUT2D eigenvalue weighted by Crippen LogP contribution is -2.44. The van der Waals surface area contributed by atoms with Gasteiger partial charge in [-0.3, -0.25) is 4.79 Å². The van der Waals surface area contributed by atoms with E-state index in [0.29, 0.717) is 33.6 Å². The summed E-state index contributed by atoms with van der Waals surface area (Å²) in [6, 6.07) is 17.7. The number of hydrogen-bond donors (Lipinski definition) is 2. The molecule has 0 fully saturated rings. The quantitative estimate of drug-likeness (QED) is 0.226. The Hall–Kier alpha value is -4.44. The van der Waals surface area contributed by atoms with Crippen molar-refractivity contribution in [2.75, 3.05) is 19.1 Å². The van der Waals surface area contributed by atoms with Gasteiger partial charge in [-0.1, -0.05) is 38.1 Å². The number of halogens is 1. The molecule has 4 aromatic rings. The first-order valence-corrected chi connectivity index (χ1v) is 13.4. The largest absolute Gasteiger partial charge is 0.497 e. The smallest absolute Gasteiger partial charge is 0.326 e. The molecule has 0 saturated carbocycles. The first-order chi connectivity index (χ1) is 19.2. The number of thiazole rings is 1. The summed E-state index contributed by atoms with van der Waals surface area (Å²) in [5.41, 5.74) is 2.88. The molecule has 0 radical (unpaired) electrons. The van der Waals surface area contributed by atoms with E-state index in [1.165, 1.54) is 17.4 Å². The molecule has 1 atom stereocenters. The van der Waals surface area contributed by atoms with Gasteiger partial charge in [-0.05, 0) is 53.9 Å². The molecule has 4 rings (SSSR count). The lowest BCUT2D eigenvalue weighted by Gasteiger charge is -2.23. The van der Waals surface area contributed by atoms with Crippen LogP contribution in [0.25, 0.3) is 11.3 Å². The molecule has 1 amide bonds. The molecule has 1 unspecified atom stereocenters. The number of carbonyl (C=O) groups is 2. The highest BCUT2D eigenvalue weighted by molar-refractivity contribution is 7.14. The number of carbonyl (C=O) groups excluding carboxylic acids is 1. The Labute approximate surface area is 236 Å². The Morgan fingerprint density at radius 1 is 1.05 bits per heavy atom. The fourth-order valence-corrected chi connectivity index (χ4v) is 4.97. The fraction of sp³-hybridized carbons (Fsp3) is 0.233. The van der Waals surface area contributed by atoms with Gasteiger partial charge in [-0.2, -0.15) is 0 Å². The van der Waals surface area contributed by atoms with Crippen molar-refractivity contribution in [1.29, 1.82) is 0 Å². The van der Waals surface area contributed by atoms with Crippen molar-refractivity contribution in [2.45, 2.75) is 26.4 Å². The first kappa shape index (κ1) is 28.6. The van der Waals surface area contributed by atoms with Gasteiger partial charge in [-0.25, -0.2) is 14.2 Å². The molecule has 0 spiro atoms. The third-order valence-corrected chi connectivity index (χ3v) is 7.19. The van der Waals surface area contributed by atoms with Crippen LogP contribution < -0.4 is 19.7 Å². The highest BCUT2D eigenvalue weighted by Crippen LogP contribution is 2.38. The van der Waals surface area contributed by atoms with E-state index >= 15 is 0 Å². The lowest BCUT2D eigenvalue weighted by atomic mass is 10.0. The number of hydrogen-bond acceptors (Lipinski definition) is 7. The van der Waals surface area contributed by atoms with E-state index in [2.05, 4.69) is 5.32 Å². The molecule has 40 heavy (non-hydrogen) atoms. The highest BCUT2D eigenvalue weighted by Gasteiger charge is 2.24. The number of nitrogens with one attached hydrogen (secondary N) is 1. The number of carboxylic acids is 1. The third-order valence-electron chi connectivity index (χ3n) is 6.32. The predicted octanol–water partition coefficient (Wildman–Crippen LogP) is 6.14. The summed E-state index contributed by atoms with van der Waals surface area (Å²) >= 11 is 1.36. The van der Waals surface area contributed by atoms with Crippen LogP contribution in [0, 0.1) is 11.7 Å². The van der Waals surface area contributed by atoms with E-state index in [1.54, 1.807) is 87.6 Å². The maximum absolute atomic E-state index is 15.0. The summed E-state index contributed by atoms with van der Waals surface area (Å²) in [7, 11) is 3.17. The highest BCUT2D eigenvalue weighted by atomic mass is 32.1. The standard InChI is InChI=1S/C30H30FN3O5S/c1-18(2)27(29(36)37)33-28(35)20-11-9-19(10-12-20)16-34(25-8-6-5-7-23(25)31)30-32-24(17-40-30)22-15-21(38-3)13-14-26(22)39-4/h5-15,17-18,27H,16H2,1-4H3,(H,33,35)(H,36,37). The van der Waals surface area contributed by atoms with Crippen molar-refractivity contribution in [2.24, 2.45) is 5.92 Å². The van der Waals surface area contributed by atoms with Gasteiger partial charge in [0.2, 0.25) is 0 Å². The van der Waals surface area contributed by atoms with Crippen molar-refractivity contribution >= 4 is 34.0 Å². The number of anilines is 2. The topological polar surface area (TPSA) is 101 Å². The zero-order valence-corrected chi connectivity index (χ0v) is 23.4. The number of amides is 1. The number of benzene rings is 3. The average molecular weight is 564 g/mol. The number of nitrogens with zero attached hydrogens (tertiary/aromatic N) is 2. The molecular formula is C30H30FN3O5S. The monoisotopic (exact) mass is 563 g/mol. The molecule has 1 aromatic heterocycles. The van der Waals surface area contributed by atoms with Gasteiger partial charge in [0, 0.05) is 16.5 Å². The summed E-state index contributed by atoms with van der Waals surface area (Å²) in [5, 5.41) is 14.4. The van der Waals surface area contributed by atoms with E-state index in [0.717, 1.165) is 11.1 Å². The molecule has 0 aliphatic rings. The second kappa shape index (κ2) is 12.6. The Morgan fingerprint density at radius 2 is 1.77 bits per heavy atom. The number of ether oxygens (including phenoxy) is 2. The van der Waals surface area contributed by atoms with Crippen LogP contribution in [0.3, 0.4) is 0 Å². The van der Waals surface area contributed by atoms with Gasteiger partial charge in [-0.15, -0.1) is 11.3 Å². The number of methoxy groups -OCH3 is 2. The summed E-state index contributed by atoms with van der Waals surface area (Å²) < 4.78 is 25.9. The Bertz CT molecular complexity index is 1490. The van der Waals surface area contributed by atoms with Crippen molar-refractivity contribution in [1.82, 2.24) is 10.3 Å². The molecule has 1 heterocycles. The second-order valence-electron chi connectivity index (χ2n) is 9.35. The molecule has 3 aromatic carbocycles. The number of para-hydroxylation sites is 1. The molecule has 0 aliphatic heterocycles. The minimum Gasteiger partial charge on any atom is -0.497 e. The van der Waals surface area contributed by atoms with Crippen molar-refractivity contribution in [3.8, 4) is 22.8 Å². The SMILES string of the molecule is COc1ccc(OC)c(-c2csc(N(Cc3ccc(C(=O)NC(C(=O)O)C(C)C)cc3)c3ccccc3F)n2)c1. The number of rotatable bonds is 11. The molecule has 10 heteroatoms. The summed E-state index contributed by atoms with van der Waals surface area (Å²) in [5.74, 6) is -0.946. The molecule has 0 saturated heterocycles. The van der Waals surface area contributed by atoms with Crippen molar-refractivity contribution in [3.63, 3.8) is 0 Å². The second-order valence-corrected chi connectivity index (χ2v) is 10.2. The van der Waals surface area contributed by atoms with Crippen LogP contribution >= 0.6 is 11.3 Å². The van der Waals surface area contributed by atoms with E-state index < -0.39 is 23.7 Å². The van der Waals surface area contributed by atoms with E-state index in [1.807, 2.05) is 11.4 Å². The molecule has 208 valence electrons. The fourth-order valence-electron chi connectivity index (χ4n) is 4.13. The first-order valence-electron chi connectivity index (χ1n) is 12.5. The van der Waals surface area contributed by atoms with Crippen molar-refractivity contribution < 1.29 is 28.6 Å². The van der Waals surface area contributed by atoms with Crippen LogP contribution in [0.1, 0.15) is 29.8 Å². The predicted molar refractivity (Wildman–Crippen MR) is 153 cm³/mol. The summed E-state index contributed by atoms with van der Waals surface area (Å²) in [6.45, 7) is 3.73. The zero-order valence-electron chi connectivity index (χ0n) is 22.6. The Balaban J connectivity index is 1.63. The van der Waals surface area contributed by atoms with Gasteiger partial charge in [0.15, 0.2) is 5.13 Å². The van der Waals surface area contributed by atoms with Crippen LogP contribution in [-0.2, 0) is 11.3 Å². The minimum atomic E-state index is -1.09. The molecular weight excluding hydrogens is 533 g/mol. The maximum Gasteiger partial charge on any atom is 0.326 e. The molecule has 0 aliphatic carbocycles. The third kappa shape index (κ3) is 6.40. The van der Waals surface area contributed by atoms with E-state index in [9.17, 15) is 19.1 Å². The average Bonchev–Trinajstić information content (AvgIpc) is 3.44. The van der Waals surface area contributed by atoms with Crippen LogP contribution in [0.4, 0.5) is 15.2 Å². The normalized spacial score (nSPS) is 11.7. The molecule has 2 N–H and O–H groups in total. The number of aromatic nitrogens is 1. The summed E-state index contributed by atoms with van der Waals surface area (Å²) in [6.07, 6.45) is 0. The van der Waals surface area contributed by atoms with E-state index in [4.69, 9.17) is 14.5 Å². The van der Waals surface area contributed by atoms with Gasteiger partial charge >= 0.3 is 5.97 Å². The van der Waals surface area contributed by atoms with E-state index in [-0.39, 0.29) is 12.5 Å². The van der Waals surface area contributed by atoms with Gasteiger partial charge in [0.25, 0.3) is 5.91 Å². The van der Waals surface area contributed by atoms with Crippen LogP contribution in [-0.4, -0.2) is 42.2 Å². The summed E-state index contributed by atoms with van der Waals surface area (Å²) in [4.78, 5) is 30.7. The number of carboxylic acid groups (broad SMARTS) is 1. The van der Waals surface area contributed by atoms with Crippen LogP contribution in [0.2, 0.25) is 0 Å². The van der Waals surface area contributed by atoms with Gasteiger partial charge in [0.1, 0.15) is 23.4 Å². The van der Waals surface area contributed by atoms with Gasteiger partial charge in [0.05, 0.1) is 32.1 Å². The number of aliphatic carboxylic acids is 1. The zero-order chi connectivity index (χ0) is 28.8. The lowest BCUT2D eigenvalue weighted by molar-refractivity contribution is -0.140. The van der Waals surface area contributed by atoms with Crippen LogP contribution in [0.5, 0.6) is 11.5 Å². The minimum absolute atomic E-state index is 0.268. The molecule has 0 bridgehead atoms. The Morgan fingerprint density at radius 3 is 2.40 bits per heavy atom. The van der Waals surface area contributed by atoms with Gasteiger partial charge < -0.3 is 24.8 Å². The van der Waals surface area contributed by atoms with Crippen LogP contribution in [0.15, 0.2) is 72.1 Å². The van der Waals surface area contributed by atoms with Crippen molar-refractivity contribution in [3.05, 3.63) is 89.1 Å². The maximum atomic E-state index is 15.0.